The van der Waals surface area contributed by atoms with E-state index < -0.39 is 0 Å². The number of carbonyl (C=O) groups is 1. The second-order valence-electron chi connectivity index (χ2n) is 5.02. The van der Waals surface area contributed by atoms with Crippen LogP contribution in [-0.2, 0) is 0 Å². The molecule has 0 fully saturated rings. The number of amides is 1. The molecule has 4 nitrogen and oxygen atoms in total. The van der Waals surface area contributed by atoms with E-state index >= 15 is 0 Å². The Morgan fingerprint density at radius 2 is 1.96 bits per heavy atom. The molecule has 0 aliphatic rings. The van der Waals surface area contributed by atoms with Crippen LogP contribution in [0.25, 0.3) is 0 Å². The van der Waals surface area contributed by atoms with Gasteiger partial charge in [-0.25, -0.2) is 0 Å². The highest BCUT2D eigenvalue weighted by atomic mass is 79.9. The van der Waals surface area contributed by atoms with Gasteiger partial charge in [0.1, 0.15) is 0 Å². The Balaban J connectivity index is 2.16. The first-order valence-electron chi connectivity index (χ1n) is 7.43. The molecule has 1 amide bonds. The average Bonchev–Trinajstić information content (AvgIpc) is 2.55. The first-order chi connectivity index (χ1) is 11.1. The van der Waals surface area contributed by atoms with Gasteiger partial charge in [-0.15, -0.1) is 0 Å². The Labute approximate surface area is 144 Å². The number of rotatable bonds is 6. The van der Waals surface area contributed by atoms with Gasteiger partial charge in [-0.3, -0.25) is 4.79 Å². The summed E-state index contributed by atoms with van der Waals surface area (Å²) in [5.41, 5.74) is 1.56. The zero-order chi connectivity index (χ0) is 16.8. The van der Waals surface area contributed by atoms with Gasteiger partial charge in [0.25, 0.3) is 5.91 Å². The molecular weight excluding hydrogens is 358 g/mol. The van der Waals surface area contributed by atoms with Crippen molar-refractivity contribution in [2.24, 2.45) is 0 Å². The van der Waals surface area contributed by atoms with E-state index in [4.69, 9.17) is 9.47 Å². The normalized spacial score (nSPS) is 11.7. The molecule has 0 aliphatic heterocycles. The summed E-state index contributed by atoms with van der Waals surface area (Å²) < 4.78 is 11.7. The van der Waals surface area contributed by atoms with E-state index in [2.05, 4.69) is 21.2 Å². The van der Waals surface area contributed by atoms with Crippen molar-refractivity contribution in [3.63, 3.8) is 0 Å². The van der Waals surface area contributed by atoms with Gasteiger partial charge in [0.15, 0.2) is 11.5 Å². The molecule has 0 aliphatic carbocycles. The highest BCUT2D eigenvalue weighted by Crippen LogP contribution is 2.28. The summed E-state index contributed by atoms with van der Waals surface area (Å²) in [5.74, 6) is 1.02. The predicted molar refractivity (Wildman–Crippen MR) is 94.2 cm³/mol. The SMILES string of the molecule is CCOc1ccc(C(=O)NC(C)c2ccccc2Br)cc1OC. The molecule has 23 heavy (non-hydrogen) atoms. The highest BCUT2D eigenvalue weighted by Gasteiger charge is 2.15. The minimum Gasteiger partial charge on any atom is -0.493 e. The van der Waals surface area contributed by atoms with Crippen molar-refractivity contribution in [3.05, 3.63) is 58.1 Å². The molecule has 0 aromatic heterocycles. The maximum Gasteiger partial charge on any atom is 0.251 e. The standard InChI is InChI=1S/C18H20BrNO3/c1-4-23-16-10-9-13(11-17(16)22-3)18(21)20-12(2)14-7-5-6-8-15(14)19/h5-12H,4H2,1-3H3,(H,20,21). The van der Waals surface area contributed by atoms with Crippen molar-refractivity contribution in [2.75, 3.05) is 13.7 Å². The minimum absolute atomic E-state index is 0.115. The van der Waals surface area contributed by atoms with Gasteiger partial charge in [0.2, 0.25) is 0 Å². The summed E-state index contributed by atoms with van der Waals surface area (Å²) >= 11 is 3.50. The molecule has 1 unspecified atom stereocenters. The van der Waals surface area contributed by atoms with Crippen molar-refractivity contribution in [1.29, 1.82) is 0 Å². The molecule has 0 saturated carbocycles. The van der Waals surface area contributed by atoms with Crippen LogP contribution in [0.15, 0.2) is 46.9 Å². The Hall–Kier alpha value is -2.01. The number of carbonyl (C=O) groups excluding carboxylic acids is 1. The number of nitrogens with one attached hydrogen (secondary N) is 1. The monoisotopic (exact) mass is 377 g/mol. The van der Waals surface area contributed by atoms with Crippen LogP contribution in [0.4, 0.5) is 0 Å². The first kappa shape index (κ1) is 17.3. The average molecular weight is 378 g/mol. The number of benzene rings is 2. The summed E-state index contributed by atoms with van der Waals surface area (Å²) in [6, 6.07) is 12.9. The van der Waals surface area contributed by atoms with Gasteiger partial charge in [-0.05, 0) is 43.7 Å². The van der Waals surface area contributed by atoms with Crippen molar-refractivity contribution >= 4 is 21.8 Å². The van der Waals surface area contributed by atoms with Crippen LogP contribution in [0.3, 0.4) is 0 Å². The van der Waals surface area contributed by atoms with Crippen molar-refractivity contribution in [1.82, 2.24) is 5.32 Å². The van der Waals surface area contributed by atoms with Crippen molar-refractivity contribution in [3.8, 4) is 11.5 Å². The Morgan fingerprint density at radius 3 is 2.61 bits per heavy atom. The van der Waals surface area contributed by atoms with Crippen LogP contribution in [-0.4, -0.2) is 19.6 Å². The second kappa shape index (κ2) is 8.02. The topological polar surface area (TPSA) is 47.6 Å². The van der Waals surface area contributed by atoms with E-state index in [1.54, 1.807) is 25.3 Å². The minimum atomic E-state index is -0.158. The van der Waals surface area contributed by atoms with Gasteiger partial charge in [0.05, 0.1) is 19.8 Å². The van der Waals surface area contributed by atoms with Gasteiger partial charge in [-0.2, -0.15) is 0 Å². The molecule has 0 spiro atoms. The van der Waals surface area contributed by atoms with E-state index in [0.29, 0.717) is 23.7 Å². The molecule has 5 heteroatoms. The number of hydrogen-bond donors (Lipinski definition) is 1. The first-order valence-corrected chi connectivity index (χ1v) is 8.22. The highest BCUT2D eigenvalue weighted by molar-refractivity contribution is 9.10. The molecule has 0 heterocycles. The van der Waals surface area contributed by atoms with Crippen LogP contribution in [0.5, 0.6) is 11.5 Å². The maximum absolute atomic E-state index is 12.5. The summed E-state index contributed by atoms with van der Waals surface area (Å²) in [4.78, 5) is 12.5. The third kappa shape index (κ3) is 4.26. The second-order valence-corrected chi connectivity index (χ2v) is 5.87. The number of halogens is 1. The molecule has 2 aromatic rings. The van der Waals surface area contributed by atoms with E-state index in [0.717, 1.165) is 10.0 Å². The van der Waals surface area contributed by atoms with Crippen molar-refractivity contribution < 1.29 is 14.3 Å². The molecule has 2 aromatic carbocycles. The fourth-order valence-corrected chi connectivity index (χ4v) is 2.90. The quantitative estimate of drug-likeness (QED) is 0.813. The summed E-state index contributed by atoms with van der Waals surface area (Å²) in [5, 5.41) is 2.99. The molecule has 2 rings (SSSR count). The number of ether oxygens (including phenoxy) is 2. The van der Waals surface area contributed by atoms with E-state index in [1.165, 1.54) is 0 Å². The fraction of sp³-hybridized carbons (Fsp3) is 0.278. The maximum atomic E-state index is 12.5. The third-order valence-electron chi connectivity index (χ3n) is 3.44. The fourth-order valence-electron chi connectivity index (χ4n) is 2.27. The number of hydrogen-bond acceptors (Lipinski definition) is 3. The Morgan fingerprint density at radius 1 is 1.22 bits per heavy atom. The zero-order valence-corrected chi connectivity index (χ0v) is 15.0. The lowest BCUT2D eigenvalue weighted by Crippen LogP contribution is -2.26. The molecule has 122 valence electrons. The van der Waals surface area contributed by atoms with Crippen LogP contribution in [0, 0.1) is 0 Å². The van der Waals surface area contributed by atoms with Gasteiger partial charge in [-0.1, -0.05) is 34.1 Å². The van der Waals surface area contributed by atoms with E-state index in [-0.39, 0.29) is 11.9 Å². The molecule has 0 saturated heterocycles. The number of methoxy groups -OCH3 is 1. The Kier molecular flexibility index (Phi) is 6.04. The van der Waals surface area contributed by atoms with Gasteiger partial charge < -0.3 is 14.8 Å². The van der Waals surface area contributed by atoms with E-state index in [1.807, 2.05) is 38.1 Å². The lowest BCUT2D eigenvalue weighted by atomic mass is 10.1. The largest absolute Gasteiger partial charge is 0.493 e. The van der Waals surface area contributed by atoms with Crippen LogP contribution in [0.2, 0.25) is 0 Å². The van der Waals surface area contributed by atoms with E-state index in [9.17, 15) is 4.79 Å². The van der Waals surface area contributed by atoms with Crippen LogP contribution < -0.4 is 14.8 Å². The molecule has 0 radical (unpaired) electrons. The molecule has 1 atom stereocenters. The summed E-state index contributed by atoms with van der Waals surface area (Å²) in [6.07, 6.45) is 0. The third-order valence-corrected chi connectivity index (χ3v) is 4.17. The van der Waals surface area contributed by atoms with Crippen LogP contribution >= 0.6 is 15.9 Å². The zero-order valence-electron chi connectivity index (χ0n) is 13.4. The van der Waals surface area contributed by atoms with Crippen molar-refractivity contribution in [2.45, 2.75) is 19.9 Å². The summed E-state index contributed by atoms with van der Waals surface area (Å²) in [6.45, 7) is 4.39. The molecule has 1 N–H and O–H groups in total. The smallest absolute Gasteiger partial charge is 0.251 e. The lowest BCUT2D eigenvalue weighted by Gasteiger charge is -2.16. The van der Waals surface area contributed by atoms with Gasteiger partial charge in [0, 0.05) is 10.0 Å². The molecular formula is C18H20BrNO3. The Bertz CT molecular complexity index is 688. The molecule has 0 bridgehead atoms. The lowest BCUT2D eigenvalue weighted by molar-refractivity contribution is 0.0939. The van der Waals surface area contributed by atoms with Crippen LogP contribution in [0.1, 0.15) is 35.8 Å². The van der Waals surface area contributed by atoms with Gasteiger partial charge >= 0.3 is 0 Å². The summed E-state index contributed by atoms with van der Waals surface area (Å²) in [7, 11) is 1.56. The predicted octanol–water partition coefficient (Wildman–Crippen LogP) is 4.35.